The summed E-state index contributed by atoms with van der Waals surface area (Å²) < 4.78 is 13.1. The van der Waals surface area contributed by atoms with Gasteiger partial charge in [0.1, 0.15) is 5.82 Å². The van der Waals surface area contributed by atoms with E-state index in [1.807, 2.05) is 4.90 Å². The first kappa shape index (κ1) is 13.4. The zero-order chi connectivity index (χ0) is 13.9. The van der Waals surface area contributed by atoms with Gasteiger partial charge in [-0.25, -0.2) is 9.37 Å². The Bertz CT molecular complexity index is 624. The van der Waals surface area contributed by atoms with Crippen LogP contribution in [0.15, 0.2) is 23.4 Å². The first-order valence-corrected chi connectivity index (χ1v) is 7.47. The van der Waals surface area contributed by atoms with Crippen molar-refractivity contribution in [2.75, 3.05) is 31.9 Å². The molecule has 5 nitrogen and oxygen atoms in total. The van der Waals surface area contributed by atoms with E-state index in [4.69, 9.17) is 0 Å². The van der Waals surface area contributed by atoms with Gasteiger partial charge in [0.15, 0.2) is 5.16 Å². The number of aromatic amines is 1. The van der Waals surface area contributed by atoms with Gasteiger partial charge in [0.25, 0.3) is 0 Å². The fourth-order valence-corrected chi connectivity index (χ4v) is 2.95. The minimum atomic E-state index is -0.297. The van der Waals surface area contributed by atoms with Gasteiger partial charge in [-0.05, 0) is 18.2 Å². The number of halogens is 1. The topological polar surface area (TPSA) is 61.0 Å². The van der Waals surface area contributed by atoms with Crippen molar-refractivity contribution in [1.82, 2.24) is 20.2 Å². The van der Waals surface area contributed by atoms with Gasteiger partial charge < -0.3 is 15.2 Å². The van der Waals surface area contributed by atoms with Gasteiger partial charge in [-0.2, -0.15) is 0 Å². The van der Waals surface area contributed by atoms with Crippen molar-refractivity contribution in [2.45, 2.75) is 5.16 Å². The van der Waals surface area contributed by atoms with Crippen molar-refractivity contribution in [3.8, 4) is 0 Å². The second-order valence-corrected chi connectivity index (χ2v) is 5.59. The summed E-state index contributed by atoms with van der Waals surface area (Å²) in [6, 6.07) is 4.41. The maximum atomic E-state index is 13.1. The van der Waals surface area contributed by atoms with E-state index in [-0.39, 0.29) is 11.7 Å². The van der Waals surface area contributed by atoms with Crippen LogP contribution >= 0.6 is 11.8 Å². The van der Waals surface area contributed by atoms with E-state index in [2.05, 4.69) is 15.3 Å². The average molecular weight is 294 g/mol. The van der Waals surface area contributed by atoms with Crippen LogP contribution in [0.1, 0.15) is 0 Å². The number of fused-ring (bicyclic) bond motifs is 1. The molecule has 1 amide bonds. The van der Waals surface area contributed by atoms with E-state index in [9.17, 15) is 9.18 Å². The van der Waals surface area contributed by atoms with Gasteiger partial charge >= 0.3 is 0 Å². The number of aromatic nitrogens is 2. The van der Waals surface area contributed by atoms with Crippen LogP contribution in [0.4, 0.5) is 4.39 Å². The number of carbonyl (C=O) groups excluding carboxylic acids is 1. The number of thioether (sulfide) groups is 1. The molecule has 7 heteroatoms. The van der Waals surface area contributed by atoms with Crippen LogP contribution in [0, 0.1) is 5.82 Å². The lowest BCUT2D eigenvalue weighted by Gasteiger charge is -2.27. The summed E-state index contributed by atoms with van der Waals surface area (Å²) in [4.78, 5) is 21.2. The van der Waals surface area contributed by atoms with Gasteiger partial charge in [-0.3, -0.25) is 4.79 Å². The van der Waals surface area contributed by atoms with Crippen molar-refractivity contribution in [1.29, 1.82) is 0 Å². The molecule has 1 aromatic heterocycles. The smallest absolute Gasteiger partial charge is 0.233 e. The highest BCUT2D eigenvalue weighted by atomic mass is 32.2. The number of hydrogen-bond acceptors (Lipinski definition) is 4. The van der Waals surface area contributed by atoms with Crippen LogP contribution in [0.5, 0.6) is 0 Å². The summed E-state index contributed by atoms with van der Waals surface area (Å²) in [7, 11) is 0. The highest BCUT2D eigenvalue weighted by Gasteiger charge is 2.16. The number of benzene rings is 1. The van der Waals surface area contributed by atoms with Gasteiger partial charge in [-0.1, -0.05) is 11.8 Å². The SMILES string of the molecule is O=C(CSc1nc2ccc(F)cc2[nH]1)N1CCNCC1. The molecule has 0 aliphatic carbocycles. The number of H-pyrrole nitrogens is 1. The van der Waals surface area contributed by atoms with Gasteiger partial charge in [0.2, 0.25) is 5.91 Å². The molecule has 0 radical (unpaired) electrons. The predicted octanol–water partition coefficient (Wildman–Crippen LogP) is 1.23. The van der Waals surface area contributed by atoms with Crippen LogP contribution in [0.25, 0.3) is 11.0 Å². The van der Waals surface area contributed by atoms with E-state index in [1.54, 1.807) is 6.07 Å². The quantitative estimate of drug-likeness (QED) is 0.836. The normalized spacial score (nSPS) is 15.8. The lowest BCUT2D eigenvalue weighted by molar-refractivity contribution is -0.128. The third-order valence-electron chi connectivity index (χ3n) is 3.22. The molecule has 2 heterocycles. The summed E-state index contributed by atoms with van der Waals surface area (Å²) in [6.07, 6.45) is 0. The average Bonchev–Trinajstić information content (AvgIpc) is 2.87. The molecule has 1 saturated heterocycles. The molecule has 2 aromatic rings. The van der Waals surface area contributed by atoms with Gasteiger partial charge in [0.05, 0.1) is 16.8 Å². The maximum absolute atomic E-state index is 13.1. The Morgan fingerprint density at radius 3 is 3.00 bits per heavy atom. The summed E-state index contributed by atoms with van der Waals surface area (Å²) in [5.74, 6) is 0.167. The lowest BCUT2D eigenvalue weighted by atomic mass is 10.3. The Hall–Kier alpha value is -1.60. The second kappa shape index (κ2) is 5.80. The molecule has 0 atom stereocenters. The molecule has 20 heavy (non-hydrogen) atoms. The van der Waals surface area contributed by atoms with Crippen LogP contribution < -0.4 is 5.32 Å². The maximum Gasteiger partial charge on any atom is 0.233 e. The minimum Gasteiger partial charge on any atom is -0.339 e. The number of hydrogen-bond donors (Lipinski definition) is 2. The number of carbonyl (C=O) groups is 1. The fraction of sp³-hybridized carbons (Fsp3) is 0.385. The van der Waals surface area contributed by atoms with Crippen molar-refractivity contribution >= 4 is 28.7 Å². The first-order chi connectivity index (χ1) is 9.72. The van der Waals surface area contributed by atoms with E-state index in [1.165, 1.54) is 23.9 Å². The lowest BCUT2D eigenvalue weighted by Crippen LogP contribution is -2.47. The molecule has 1 aliphatic heterocycles. The van der Waals surface area contributed by atoms with E-state index in [0.29, 0.717) is 21.9 Å². The van der Waals surface area contributed by atoms with Crippen molar-refractivity contribution in [2.24, 2.45) is 0 Å². The molecule has 1 aromatic carbocycles. The zero-order valence-corrected chi connectivity index (χ0v) is 11.7. The van der Waals surface area contributed by atoms with E-state index < -0.39 is 0 Å². The summed E-state index contributed by atoms with van der Waals surface area (Å²) >= 11 is 1.35. The van der Waals surface area contributed by atoms with Gasteiger partial charge in [0, 0.05) is 26.2 Å². The molecule has 2 N–H and O–H groups in total. The Morgan fingerprint density at radius 2 is 2.20 bits per heavy atom. The van der Waals surface area contributed by atoms with E-state index in [0.717, 1.165) is 26.2 Å². The minimum absolute atomic E-state index is 0.114. The number of amides is 1. The Kier molecular flexibility index (Phi) is 3.88. The number of imidazole rings is 1. The standard InChI is InChI=1S/C13H15FN4OS/c14-9-1-2-10-11(7-9)17-13(16-10)20-8-12(19)18-5-3-15-4-6-18/h1-2,7,15H,3-6,8H2,(H,16,17). The number of rotatable bonds is 3. The number of nitrogens with zero attached hydrogens (tertiary/aromatic N) is 2. The molecule has 0 saturated carbocycles. The number of piperazine rings is 1. The molecule has 0 bridgehead atoms. The monoisotopic (exact) mass is 294 g/mol. The van der Waals surface area contributed by atoms with Crippen LogP contribution in [-0.2, 0) is 4.79 Å². The molecule has 3 rings (SSSR count). The Balaban J connectivity index is 1.63. The molecular weight excluding hydrogens is 279 g/mol. The second-order valence-electron chi connectivity index (χ2n) is 4.62. The molecular formula is C13H15FN4OS. The highest BCUT2D eigenvalue weighted by Crippen LogP contribution is 2.20. The molecule has 0 unspecified atom stereocenters. The predicted molar refractivity (Wildman–Crippen MR) is 76.2 cm³/mol. The van der Waals surface area contributed by atoms with Crippen LogP contribution in [0.2, 0.25) is 0 Å². The Morgan fingerprint density at radius 1 is 1.40 bits per heavy atom. The first-order valence-electron chi connectivity index (χ1n) is 6.49. The summed E-state index contributed by atoms with van der Waals surface area (Å²) in [6.45, 7) is 3.20. The highest BCUT2D eigenvalue weighted by molar-refractivity contribution is 7.99. The molecule has 1 aliphatic rings. The molecule has 1 fully saturated rings. The van der Waals surface area contributed by atoms with Crippen LogP contribution in [-0.4, -0.2) is 52.7 Å². The third kappa shape index (κ3) is 2.94. The summed E-state index contributed by atoms with van der Waals surface area (Å²) in [5, 5.41) is 3.86. The van der Waals surface area contributed by atoms with Gasteiger partial charge in [-0.15, -0.1) is 0 Å². The Labute approximate surface area is 119 Å². The largest absolute Gasteiger partial charge is 0.339 e. The molecule has 0 spiro atoms. The molecule has 106 valence electrons. The summed E-state index contributed by atoms with van der Waals surface area (Å²) in [5.41, 5.74) is 1.37. The van der Waals surface area contributed by atoms with Crippen molar-refractivity contribution in [3.63, 3.8) is 0 Å². The zero-order valence-electron chi connectivity index (χ0n) is 10.9. The number of nitrogens with one attached hydrogen (secondary N) is 2. The van der Waals surface area contributed by atoms with E-state index >= 15 is 0 Å². The fourth-order valence-electron chi connectivity index (χ4n) is 2.16. The van der Waals surface area contributed by atoms with Crippen molar-refractivity contribution < 1.29 is 9.18 Å². The van der Waals surface area contributed by atoms with Crippen LogP contribution in [0.3, 0.4) is 0 Å². The third-order valence-corrected chi connectivity index (χ3v) is 4.08. The van der Waals surface area contributed by atoms with Crippen molar-refractivity contribution in [3.05, 3.63) is 24.0 Å².